The van der Waals surface area contributed by atoms with Crippen molar-refractivity contribution in [3.05, 3.63) is 61.1 Å². The minimum atomic E-state index is -0.131. The molecule has 0 radical (unpaired) electrons. The lowest BCUT2D eigenvalue weighted by atomic mass is 9.98. The monoisotopic (exact) mass is 459 g/mol. The van der Waals surface area contributed by atoms with E-state index in [0.29, 0.717) is 0 Å². The number of ether oxygens (including phenoxy) is 1. The van der Waals surface area contributed by atoms with E-state index in [0.717, 1.165) is 34.4 Å². The summed E-state index contributed by atoms with van der Waals surface area (Å²) in [6.45, 7) is 4.92. The molecule has 0 amide bonds. The first-order valence-corrected chi connectivity index (χ1v) is 8.84. The highest BCUT2D eigenvalue weighted by atomic mass is 127. The molecular formula is C17H19BrINO. The van der Waals surface area contributed by atoms with Crippen LogP contribution in [0.1, 0.15) is 36.1 Å². The quantitative estimate of drug-likeness (QED) is 0.623. The van der Waals surface area contributed by atoms with Crippen LogP contribution in [0.2, 0.25) is 0 Å². The first-order valence-electron chi connectivity index (χ1n) is 6.97. The van der Waals surface area contributed by atoms with Gasteiger partial charge in [0.2, 0.25) is 0 Å². The number of rotatable bonds is 5. The van der Waals surface area contributed by atoms with E-state index < -0.39 is 0 Å². The summed E-state index contributed by atoms with van der Waals surface area (Å²) in [5.41, 5.74) is 9.93. The second-order valence-corrected chi connectivity index (χ2v) is 6.93. The predicted octanol–water partition coefficient (Wildman–Crippen LogP) is 5.20. The number of benzene rings is 2. The number of nitrogens with two attached hydrogens (primary N) is 1. The third-order valence-corrected chi connectivity index (χ3v) is 5.43. The van der Waals surface area contributed by atoms with E-state index in [-0.39, 0.29) is 6.04 Å². The lowest BCUT2D eigenvalue weighted by Gasteiger charge is -2.17. The molecule has 4 heteroatoms. The summed E-state index contributed by atoms with van der Waals surface area (Å²) >= 11 is 5.93. The Morgan fingerprint density at radius 1 is 1.29 bits per heavy atom. The summed E-state index contributed by atoms with van der Waals surface area (Å²) in [6.07, 6.45) is 0.995. The van der Waals surface area contributed by atoms with Gasteiger partial charge in [0.15, 0.2) is 0 Å². The van der Waals surface area contributed by atoms with Crippen molar-refractivity contribution in [1.82, 2.24) is 0 Å². The van der Waals surface area contributed by atoms with E-state index in [1.54, 1.807) is 0 Å². The van der Waals surface area contributed by atoms with Crippen LogP contribution >= 0.6 is 38.5 Å². The Morgan fingerprint density at radius 2 is 2.05 bits per heavy atom. The molecule has 0 aliphatic carbocycles. The minimum absolute atomic E-state index is 0.131. The van der Waals surface area contributed by atoms with Crippen LogP contribution < -0.4 is 10.5 Å². The molecule has 0 fully saturated rings. The van der Waals surface area contributed by atoms with Gasteiger partial charge in [-0.15, -0.1) is 0 Å². The Morgan fingerprint density at radius 3 is 2.71 bits per heavy atom. The van der Waals surface area contributed by atoms with E-state index in [9.17, 15) is 0 Å². The van der Waals surface area contributed by atoms with Gasteiger partial charge < -0.3 is 10.5 Å². The second-order valence-electron chi connectivity index (χ2n) is 4.99. The highest BCUT2D eigenvalue weighted by molar-refractivity contribution is 14.1. The molecule has 0 aromatic heterocycles. The number of hydrogen-bond donors (Lipinski definition) is 1. The SMILES string of the molecule is CCCOc1ccc(C(N)c2cccc(C)c2I)cc1Br. The molecule has 2 aromatic rings. The maximum Gasteiger partial charge on any atom is 0.133 e. The highest BCUT2D eigenvalue weighted by Gasteiger charge is 2.14. The van der Waals surface area contributed by atoms with Gasteiger partial charge in [0.1, 0.15) is 5.75 Å². The first kappa shape index (κ1) is 16.8. The molecule has 2 rings (SSSR count). The summed E-state index contributed by atoms with van der Waals surface area (Å²) in [7, 11) is 0. The fourth-order valence-corrected chi connectivity index (χ4v) is 3.34. The maximum atomic E-state index is 6.44. The van der Waals surface area contributed by atoms with Crippen LogP contribution in [-0.4, -0.2) is 6.61 Å². The van der Waals surface area contributed by atoms with Crippen LogP contribution in [0.25, 0.3) is 0 Å². The van der Waals surface area contributed by atoms with Crippen LogP contribution in [0, 0.1) is 10.5 Å². The molecule has 21 heavy (non-hydrogen) atoms. The van der Waals surface area contributed by atoms with Crippen molar-refractivity contribution in [2.45, 2.75) is 26.3 Å². The third kappa shape index (κ3) is 3.99. The average Bonchev–Trinajstić information content (AvgIpc) is 2.48. The van der Waals surface area contributed by atoms with Gasteiger partial charge in [0.05, 0.1) is 17.1 Å². The largest absolute Gasteiger partial charge is 0.492 e. The van der Waals surface area contributed by atoms with Gasteiger partial charge in [-0.05, 0) is 80.7 Å². The van der Waals surface area contributed by atoms with Gasteiger partial charge in [-0.1, -0.05) is 31.2 Å². The lowest BCUT2D eigenvalue weighted by molar-refractivity contribution is 0.315. The second kappa shape index (κ2) is 7.61. The van der Waals surface area contributed by atoms with E-state index >= 15 is 0 Å². The van der Waals surface area contributed by atoms with Crippen molar-refractivity contribution in [3.63, 3.8) is 0 Å². The molecule has 2 N–H and O–H groups in total. The molecule has 1 atom stereocenters. The Balaban J connectivity index is 2.29. The maximum absolute atomic E-state index is 6.44. The van der Waals surface area contributed by atoms with Crippen molar-refractivity contribution in [3.8, 4) is 5.75 Å². The molecule has 2 nitrogen and oxygen atoms in total. The van der Waals surface area contributed by atoms with Gasteiger partial charge in [0, 0.05) is 3.57 Å². The number of halogens is 2. The minimum Gasteiger partial charge on any atom is -0.492 e. The molecule has 0 bridgehead atoms. The van der Waals surface area contributed by atoms with Crippen LogP contribution in [0.4, 0.5) is 0 Å². The molecule has 2 aromatic carbocycles. The summed E-state index contributed by atoms with van der Waals surface area (Å²) in [5, 5.41) is 0. The van der Waals surface area contributed by atoms with Crippen molar-refractivity contribution >= 4 is 38.5 Å². The average molecular weight is 460 g/mol. The van der Waals surface area contributed by atoms with E-state index in [1.807, 2.05) is 18.2 Å². The number of hydrogen-bond acceptors (Lipinski definition) is 2. The molecule has 0 saturated heterocycles. The molecule has 0 heterocycles. The summed E-state index contributed by atoms with van der Waals surface area (Å²) in [4.78, 5) is 0. The molecule has 112 valence electrons. The third-order valence-electron chi connectivity index (χ3n) is 3.33. The van der Waals surface area contributed by atoms with Crippen molar-refractivity contribution in [1.29, 1.82) is 0 Å². The Hall–Kier alpha value is -0.590. The summed E-state index contributed by atoms with van der Waals surface area (Å²) in [6, 6.07) is 12.2. The fraction of sp³-hybridized carbons (Fsp3) is 0.294. The fourth-order valence-electron chi connectivity index (χ4n) is 2.13. The first-order chi connectivity index (χ1) is 10.0. The molecular weight excluding hydrogens is 441 g/mol. The lowest BCUT2D eigenvalue weighted by Crippen LogP contribution is -2.14. The van der Waals surface area contributed by atoms with Crippen molar-refractivity contribution < 1.29 is 4.74 Å². The van der Waals surface area contributed by atoms with Gasteiger partial charge in [-0.2, -0.15) is 0 Å². The molecule has 1 unspecified atom stereocenters. The van der Waals surface area contributed by atoms with Gasteiger partial charge in [0.25, 0.3) is 0 Å². The summed E-state index contributed by atoms with van der Waals surface area (Å²) < 4.78 is 7.86. The highest BCUT2D eigenvalue weighted by Crippen LogP contribution is 2.32. The van der Waals surface area contributed by atoms with Gasteiger partial charge >= 0.3 is 0 Å². The number of aryl methyl sites for hydroxylation is 1. The van der Waals surface area contributed by atoms with E-state index in [2.05, 4.69) is 70.6 Å². The smallest absolute Gasteiger partial charge is 0.133 e. The topological polar surface area (TPSA) is 35.2 Å². The summed E-state index contributed by atoms with van der Waals surface area (Å²) in [5.74, 6) is 0.867. The standard InChI is InChI=1S/C17H19BrINO/c1-3-9-21-15-8-7-12(10-14(15)18)17(20)13-6-4-5-11(2)16(13)19/h4-8,10,17H,3,9,20H2,1-2H3. The van der Waals surface area contributed by atoms with Crippen molar-refractivity contribution in [2.24, 2.45) is 5.73 Å². The Labute approximate surface area is 148 Å². The molecule has 0 aliphatic rings. The Kier molecular flexibility index (Phi) is 6.08. The zero-order chi connectivity index (χ0) is 15.4. The predicted molar refractivity (Wildman–Crippen MR) is 99.9 cm³/mol. The van der Waals surface area contributed by atoms with Gasteiger partial charge in [-0.25, -0.2) is 0 Å². The zero-order valence-corrected chi connectivity index (χ0v) is 15.9. The van der Waals surface area contributed by atoms with Crippen LogP contribution in [-0.2, 0) is 0 Å². The Bertz CT molecular complexity index is 630. The molecule has 0 saturated carbocycles. The van der Waals surface area contributed by atoms with E-state index in [1.165, 1.54) is 9.13 Å². The normalized spacial score (nSPS) is 12.2. The van der Waals surface area contributed by atoms with Crippen LogP contribution in [0.3, 0.4) is 0 Å². The molecule has 0 aliphatic heterocycles. The van der Waals surface area contributed by atoms with Crippen molar-refractivity contribution in [2.75, 3.05) is 6.61 Å². The van der Waals surface area contributed by atoms with Crippen LogP contribution in [0.5, 0.6) is 5.75 Å². The van der Waals surface area contributed by atoms with Gasteiger partial charge in [-0.3, -0.25) is 0 Å². The van der Waals surface area contributed by atoms with Crippen LogP contribution in [0.15, 0.2) is 40.9 Å². The molecule has 0 spiro atoms. The van der Waals surface area contributed by atoms with E-state index in [4.69, 9.17) is 10.5 Å². The zero-order valence-electron chi connectivity index (χ0n) is 12.2.